The third kappa shape index (κ3) is 3.04. The Morgan fingerprint density at radius 1 is 1.31 bits per heavy atom. The minimum Gasteiger partial charge on any atom is -0.493 e. The lowest BCUT2D eigenvalue weighted by Gasteiger charge is -2.14. The van der Waals surface area contributed by atoms with E-state index < -0.39 is 12.7 Å². The second-order valence-electron chi connectivity index (χ2n) is 3.13. The maximum Gasteiger partial charge on any atom is 0.387 e. The predicted molar refractivity (Wildman–Crippen MR) is 55.6 cm³/mol. The fourth-order valence-corrected chi connectivity index (χ4v) is 1.25. The number of ether oxygens (including phenoxy) is 2. The Labute approximate surface area is 92.1 Å². The second kappa shape index (κ2) is 5.62. The van der Waals surface area contributed by atoms with Gasteiger partial charge in [0.25, 0.3) is 0 Å². The molecule has 1 aromatic carbocycles. The molecule has 0 aliphatic carbocycles. The van der Waals surface area contributed by atoms with Crippen LogP contribution in [-0.4, -0.2) is 20.3 Å². The van der Waals surface area contributed by atoms with E-state index in [1.54, 1.807) is 6.07 Å². The van der Waals surface area contributed by atoms with E-state index in [4.69, 9.17) is 16.2 Å². The summed E-state index contributed by atoms with van der Waals surface area (Å²) >= 11 is 0. The topological polar surface area (TPSA) is 70.5 Å². The number of hydrogen-bond acceptors (Lipinski definition) is 4. The smallest absolute Gasteiger partial charge is 0.387 e. The van der Waals surface area contributed by atoms with E-state index in [1.807, 2.05) is 0 Å². The van der Waals surface area contributed by atoms with Crippen molar-refractivity contribution in [3.8, 4) is 11.5 Å². The second-order valence-corrected chi connectivity index (χ2v) is 3.13. The summed E-state index contributed by atoms with van der Waals surface area (Å²) < 4.78 is 33.4. The Morgan fingerprint density at radius 2 is 2.00 bits per heavy atom. The molecule has 1 rings (SSSR count). The molecule has 0 bridgehead atoms. The average Bonchev–Trinajstić information content (AvgIpc) is 2.27. The largest absolute Gasteiger partial charge is 0.493 e. The molecule has 1 atom stereocenters. The first-order valence-electron chi connectivity index (χ1n) is 4.67. The van der Waals surface area contributed by atoms with Gasteiger partial charge in [-0.25, -0.2) is 0 Å². The SMILES string of the molecule is COc1ccc([C@H](N)CN)cc1OC(F)F. The van der Waals surface area contributed by atoms with Gasteiger partial charge in [-0.1, -0.05) is 6.07 Å². The standard InChI is InChI=1S/C10H14F2N2O2/c1-15-8-3-2-6(7(14)5-13)4-9(8)16-10(11)12/h2-4,7,10H,5,13-14H2,1H3/t7-/m1/s1. The van der Waals surface area contributed by atoms with Crippen LogP contribution in [0.25, 0.3) is 0 Å². The summed E-state index contributed by atoms with van der Waals surface area (Å²) in [6, 6.07) is 4.17. The van der Waals surface area contributed by atoms with Crippen molar-refractivity contribution in [1.82, 2.24) is 0 Å². The number of nitrogens with two attached hydrogens (primary N) is 2. The normalized spacial score (nSPS) is 12.6. The third-order valence-corrected chi connectivity index (χ3v) is 2.09. The van der Waals surface area contributed by atoms with Crippen molar-refractivity contribution in [2.75, 3.05) is 13.7 Å². The number of benzene rings is 1. The lowest BCUT2D eigenvalue weighted by molar-refractivity contribution is -0.0512. The lowest BCUT2D eigenvalue weighted by Crippen LogP contribution is -2.20. The molecular formula is C10H14F2N2O2. The van der Waals surface area contributed by atoms with Gasteiger partial charge in [0.15, 0.2) is 11.5 Å². The predicted octanol–water partition coefficient (Wildman–Crippen LogP) is 1.26. The summed E-state index contributed by atoms with van der Waals surface area (Å²) in [5.41, 5.74) is 11.7. The van der Waals surface area contributed by atoms with Crippen molar-refractivity contribution >= 4 is 0 Å². The quantitative estimate of drug-likeness (QED) is 0.801. The average molecular weight is 232 g/mol. The molecule has 0 unspecified atom stereocenters. The first-order chi connectivity index (χ1) is 7.58. The van der Waals surface area contributed by atoms with Crippen molar-refractivity contribution in [3.05, 3.63) is 23.8 Å². The van der Waals surface area contributed by atoms with E-state index in [1.165, 1.54) is 19.2 Å². The molecule has 0 aliphatic rings. The van der Waals surface area contributed by atoms with Gasteiger partial charge >= 0.3 is 6.61 Å². The molecule has 90 valence electrons. The molecular weight excluding hydrogens is 218 g/mol. The summed E-state index contributed by atoms with van der Waals surface area (Å²) in [7, 11) is 1.37. The highest BCUT2D eigenvalue weighted by atomic mass is 19.3. The van der Waals surface area contributed by atoms with E-state index in [9.17, 15) is 8.78 Å². The third-order valence-electron chi connectivity index (χ3n) is 2.09. The Hall–Kier alpha value is -1.40. The zero-order chi connectivity index (χ0) is 12.1. The van der Waals surface area contributed by atoms with Crippen molar-refractivity contribution < 1.29 is 18.3 Å². The van der Waals surface area contributed by atoms with E-state index in [-0.39, 0.29) is 18.0 Å². The molecule has 4 N–H and O–H groups in total. The van der Waals surface area contributed by atoms with Crippen molar-refractivity contribution in [2.45, 2.75) is 12.7 Å². The molecule has 4 nitrogen and oxygen atoms in total. The molecule has 0 saturated heterocycles. The van der Waals surface area contributed by atoms with Crippen LogP contribution in [0, 0.1) is 0 Å². The van der Waals surface area contributed by atoms with Gasteiger partial charge in [0, 0.05) is 12.6 Å². The molecule has 0 fully saturated rings. The summed E-state index contributed by atoms with van der Waals surface area (Å²) in [5.74, 6) is 0.187. The minimum absolute atomic E-state index is 0.0427. The van der Waals surface area contributed by atoms with E-state index in [2.05, 4.69) is 4.74 Å². The Bertz CT molecular complexity index is 348. The van der Waals surface area contributed by atoms with Gasteiger partial charge in [-0.3, -0.25) is 0 Å². The first kappa shape index (κ1) is 12.7. The van der Waals surface area contributed by atoms with Crippen LogP contribution in [0.2, 0.25) is 0 Å². The number of methoxy groups -OCH3 is 1. The molecule has 0 aliphatic heterocycles. The first-order valence-corrected chi connectivity index (χ1v) is 4.67. The van der Waals surface area contributed by atoms with Crippen molar-refractivity contribution in [1.29, 1.82) is 0 Å². The fourth-order valence-electron chi connectivity index (χ4n) is 1.25. The number of alkyl halides is 2. The van der Waals surface area contributed by atoms with Gasteiger partial charge in [0.05, 0.1) is 7.11 Å². The van der Waals surface area contributed by atoms with Gasteiger partial charge in [0.2, 0.25) is 0 Å². The van der Waals surface area contributed by atoms with Gasteiger partial charge in [-0.2, -0.15) is 8.78 Å². The van der Waals surface area contributed by atoms with Crippen LogP contribution in [0.5, 0.6) is 11.5 Å². The lowest BCUT2D eigenvalue weighted by atomic mass is 10.1. The van der Waals surface area contributed by atoms with Crippen LogP contribution >= 0.6 is 0 Å². The summed E-state index contributed by atoms with van der Waals surface area (Å²) in [6.07, 6.45) is 0. The van der Waals surface area contributed by atoms with Crippen molar-refractivity contribution in [3.63, 3.8) is 0 Å². The van der Waals surface area contributed by atoms with Gasteiger partial charge in [0.1, 0.15) is 0 Å². The Kier molecular flexibility index (Phi) is 4.45. The minimum atomic E-state index is -2.90. The zero-order valence-corrected chi connectivity index (χ0v) is 8.82. The molecule has 16 heavy (non-hydrogen) atoms. The summed E-state index contributed by atoms with van der Waals surface area (Å²) in [4.78, 5) is 0. The highest BCUT2D eigenvalue weighted by Crippen LogP contribution is 2.30. The number of rotatable bonds is 5. The molecule has 6 heteroatoms. The van der Waals surface area contributed by atoms with Crippen molar-refractivity contribution in [2.24, 2.45) is 11.5 Å². The van der Waals surface area contributed by atoms with Gasteiger partial charge < -0.3 is 20.9 Å². The van der Waals surface area contributed by atoms with E-state index in [0.29, 0.717) is 5.56 Å². The monoisotopic (exact) mass is 232 g/mol. The molecule has 0 heterocycles. The van der Waals surface area contributed by atoms with Crippen LogP contribution in [0.4, 0.5) is 8.78 Å². The van der Waals surface area contributed by atoms with E-state index >= 15 is 0 Å². The zero-order valence-electron chi connectivity index (χ0n) is 8.82. The van der Waals surface area contributed by atoms with Crippen LogP contribution in [0.15, 0.2) is 18.2 Å². The van der Waals surface area contributed by atoms with Crippen LogP contribution in [0.3, 0.4) is 0 Å². The molecule has 0 radical (unpaired) electrons. The Balaban J connectivity index is 3.00. The molecule has 0 spiro atoms. The van der Waals surface area contributed by atoms with E-state index in [0.717, 1.165) is 0 Å². The van der Waals surface area contributed by atoms with Gasteiger partial charge in [-0.15, -0.1) is 0 Å². The fraction of sp³-hybridized carbons (Fsp3) is 0.400. The molecule has 0 aromatic heterocycles. The van der Waals surface area contributed by atoms with Gasteiger partial charge in [-0.05, 0) is 17.7 Å². The Morgan fingerprint density at radius 3 is 2.50 bits per heavy atom. The maximum absolute atomic E-state index is 12.1. The molecule has 0 amide bonds. The number of hydrogen-bond donors (Lipinski definition) is 2. The van der Waals surface area contributed by atoms with Crippen LogP contribution in [-0.2, 0) is 0 Å². The number of halogens is 2. The maximum atomic E-state index is 12.1. The highest BCUT2D eigenvalue weighted by Gasteiger charge is 2.13. The molecule has 0 saturated carbocycles. The summed E-state index contributed by atoms with van der Waals surface area (Å²) in [6.45, 7) is -2.68. The summed E-state index contributed by atoms with van der Waals surface area (Å²) in [5, 5.41) is 0. The van der Waals surface area contributed by atoms with Crippen LogP contribution < -0.4 is 20.9 Å². The molecule has 1 aromatic rings. The van der Waals surface area contributed by atoms with Crippen LogP contribution in [0.1, 0.15) is 11.6 Å². The highest BCUT2D eigenvalue weighted by molar-refractivity contribution is 5.43.